The van der Waals surface area contributed by atoms with Crippen LogP contribution in [0.4, 0.5) is 0 Å². The lowest BCUT2D eigenvalue weighted by Gasteiger charge is -2.41. The average Bonchev–Trinajstić information content (AvgIpc) is 3.45. The van der Waals surface area contributed by atoms with Crippen LogP contribution in [0.15, 0.2) is 11.6 Å². The summed E-state index contributed by atoms with van der Waals surface area (Å²) >= 11 is 0. The van der Waals surface area contributed by atoms with Crippen molar-refractivity contribution in [2.24, 2.45) is 17.3 Å². The average molecular weight is 604 g/mol. The molecule has 2 heterocycles. The quantitative estimate of drug-likeness (QED) is 0.323. The number of hydrogen-bond donors (Lipinski definition) is 2. The van der Waals surface area contributed by atoms with Gasteiger partial charge in [0.15, 0.2) is 0 Å². The van der Waals surface area contributed by atoms with Crippen molar-refractivity contribution in [3.05, 3.63) is 11.6 Å². The Balaban J connectivity index is 2.23. The fraction of sp³-hybridized carbons (Fsp3) is 0.824. The first-order chi connectivity index (χ1) is 20.0. The summed E-state index contributed by atoms with van der Waals surface area (Å²) in [6, 6.07) is -1.54. The van der Waals surface area contributed by atoms with Crippen LogP contribution in [-0.2, 0) is 19.2 Å². The molecule has 0 bridgehead atoms. The standard InChI is InChI=1S/C34H61N5O4/c1-12-24(6)21-35-30(40)26-17-15-19-39(26)32(42)25(7)20-28(22(2)3)37(11)33(43)29(34(8,9)10)36-31(41)27-16-13-14-18-38(27)23(4)5/h20,22-24,26-29H,12-19,21H2,1-11H3,(H,35,40)(H,36,41)/b25-20+/t24-,26-,27?,28+,29+/m0/s1. The second kappa shape index (κ2) is 16.1. The summed E-state index contributed by atoms with van der Waals surface area (Å²) in [6.07, 6.45) is 7.15. The highest BCUT2D eigenvalue weighted by Crippen LogP contribution is 2.27. The summed E-state index contributed by atoms with van der Waals surface area (Å²) in [7, 11) is 1.76. The molecule has 2 aliphatic heterocycles. The Hall–Kier alpha value is -2.42. The first-order valence-electron chi connectivity index (χ1n) is 16.6. The summed E-state index contributed by atoms with van der Waals surface area (Å²) in [5.74, 6) is -0.120. The predicted molar refractivity (Wildman–Crippen MR) is 173 cm³/mol. The molecule has 246 valence electrons. The van der Waals surface area contributed by atoms with Crippen molar-refractivity contribution < 1.29 is 19.2 Å². The molecule has 5 atom stereocenters. The van der Waals surface area contributed by atoms with Crippen LogP contribution in [0.2, 0.25) is 0 Å². The highest BCUT2D eigenvalue weighted by molar-refractivity contribution is 5.97. The minimum absolute atomic E-state index is 0.0241. The maximum absolute atomic E-state index is 14.1. The number of carbonyl (C=O) groups is 4. The zero-order valence-corrected chi connectivity index (χ0v) is 29.0. The zero-order valence-electron chi connectivity index (χ0n) is 29.0. The van der Waals surface area contributed by atoms with Crippen LogP contribution < -0.4 is 10.6 Å². The third-order valence-electron chi connectivity index (χ3n) is 9.28. The van der Waals surface area contributed by atoms with Crippen LogP contribution >= 0.6 is 0 Å². The number of rotatable bonds is 12. The van der Waals surface area contributed by atoms with Crippen molar-refractivity contribution in [3.8, 4) is 0 Å². The van der Waals surface area contributed by atoms with Crippen LogP contribution in [0.5, 0.6) is 0 Å². The van der Waals surface area contributed by atoms with E-state index in [0.29, 0.717) is 31.0 Å². The molecule has 2 saturated heterocycles. The largest absolute Gasteiger partial charge is 0.354 e. The third-order valence-corrected chi connectivity index (χ3v) is 9.28. The van der Waals surface area contributed by atoms with E-state index in [2.05, 4.69) is 43.2 Å². The molecule has 9 heteroatoms. The van der Waals surface area contributed by atoms with Crippen molar-refractivity contribution in [2.45, 2.75) is 138 Å². The summed E-state index contributed by atoms with van der Waals surface area (Å²) < 4.78 is 0. The molecular formula is C34H61N5O4. The topological polar surface area (TPSA) is 102 Å². The molecule has 1 unspecified atom stereocenters. The van der Waals surface area contributed by atoms with Gasteiger partial charge in [0.05, 0.1) is 12.1 Å². The van der Waals surface area contributed by atoms with Crippen LogP contribution in [0.25, 0.3) is 0 Å². The Kier molecular flexibility index (Phi) is 13.7. The van der Waals surface area contributed by atoms with Crippen molar-refractivity contribution in [1.82, 2.24) is 25.3 Å². The minimum Gasteiger partial charge on any atom is -0.354 e. The van der Waals surface area contributed by atoms with E-state index >= 15 is 0 Å². The van der Waals surface area contributed by atoms with Gasteiger partial charge >= 0.3 is 0 Å². The van der Waals surface area contributed by atoms with E-state index in [1.807, 2.05) is 40.7 Å². The Morgan fingerprint density at radius 1 is 0.930 bits per heavy atom. The van der Waals surface area contributed by atoms with E-state index in [4.69, 9.17) is 0 Å². The molecule has 2 aliphatic rings. The summed E-state index contributed by atoms with van der Waals surface area (Å²) in [6.45, 7) is 22.2. The van der Waals surface area contributed by atoms with Gasteiger partial charge in [-0.3, -0.25) is 24.1 Å². The molecule has 0 saturated carbocycles. The molecule has 4 amide bonds. The highest BCUT2D eigenvalue weighted by Gasteiger charge is 2.40. The molecule has 2 fully saturated rings. The number of nitrogens with zero attached hydrogens (tertiary/aromatic N) is 3. The number of carbonyl (C=O) groups excluding carboxylic acids is 4. The highest BCUT2D eigenvalue weighted by atomic mass is 16.2. The van der Waals surface area contributed by atoms with Crippen LogP contribution in [0.3, 0.4) is 0 Å². The normalized spacial score (nSPS) is 22.3. The Bertz CT molecular complexity index is 1000. The fourth-order valence-electron chi connectivity index (χ4n) is 6.22. The molecule has 0 aromatic heterocycles. The second-order valence-electron chi connectivity index (χ2n) is 14.6. The first kappa shape index (κ1) is 36.8. The summed E-state index contributed by atoms with van der Waals surface area (Å²) in [5, 5.41) is 6.16. The molecule has 0 aliphatic carbocycles. The monoisotopic (exact) mass is 603 g/mol. The van der Waals surface area contributed by atoms with Gasteiger partial charge in [-0.05, 0) is 70.3 Å². The molecular weight excluding hydrogens is 542 g/mol. The zero-order chi connectivity index (χ0) is 32.6. The third kappa shape index (κ3) is 9.79. The van der Waals surface area contributed by atoms with E-state index in [1.165, 1.54) is 0 Å². The van der Waals surface area contributed by atoms with Gasteiger partial charge in [0.1, 0.15) is 12.1 Å². The Morgan fingerprint density at radius 3 is 2.12 bits per heavy atom. The second-order valence-corrected chi connectivity index (χ2v) is 14.6. The van der Waals surface area contributed by atoms with Gasteiger partial charge in [-0.1, -0.05) is 67.4 Å². The van der Waals surface area contributed by atoms with Gasteiger partial charge in [-0.25, -0.2) is 0 Å². The predicted octanol–water partition coefficient (Wildman–Crippen LogP) is 4.36. The van der Waals surface area contributed by atoms with Gasteiger partial charge in [0.25, 0.3) is 0 Å². The molecule has 0 spiro atoms. The summed E-state index contributed by atoms with van der Waals surface area (Å²) in [5.41, 5.74) is 0.00550. The number of nitrogens with one attached hydrogen (secondary N) is 2. The number of piperidine rings is 1. The van der Waals surface area contributed by atoms with E-state index in [-0.39, 0.29) is 47.7 Å². The van der Waals surface area contributed by atoms with Gasteiger partial charge in [-0.15, -0.1) is 0 Å². The number of likely N-dealkylation sites (N-methyl/N-ethyl adjacent to an activating group) is 1. The van der Waals surface area contributed by atoms with Crippen LogP contribution in [-0.4, -0.2) is 95.2 Å². The first-order valence-corrected chi connectivity index (χ1v) is 16.6. The van der Waals surface area contributed by atoms with E-state index in [0.717, 1.165) is 38.6 Å². The molecule has 2 N–H and O–H groups in total. The Morgan fingerprint density at radius 2 is 1.56 bits per heavy atom. The maximum Gasteiger partial charge on any atom is 0.249 e. The van der Waals surface area contributed by atoms with Crippen LogP contribution in [0.1, 0.15) is 108 Å². The van der Waals surface area contributed by atoms with Gasteiger partial charge in [0, 0.05) is 31.8 Å². The maximum atomic E-state index is 14.1. The van der Waals surface area contributed by atoms with E-state index in [9.17, 15) is 19.2 Å². The lowest BCUT2D eigenvalue weighted by atomic mass is 9.84. The Labute approximate surface area is 261 Å². The molecule has 0 aromatic rings. The SMILES string of the molecule is CC[C@H](C)CNC(=O)[C@@H]1CCCN1C(=O)/C(C)=C/[C@H](C(C)C)N(C)C(=O)[C@@H](NC(=O)C1CCCCN1C(C)C)C(C)(C)C. The number of hydrogen-bond acceptors (Lipinski definition) is 5. The smallest absolute Gasteiger partial charge is 0.249 e. The molecule has 0 radical (unpaired) electrons. The van der Waals surface area contributed by atoms with Gasteiger partial charge in [-0.2, -0.15) is 0 Å². The van der Waals surface area contributed by atoms with Gasteiger partial charge < -0.3 is 20.4 Å². The van der Waals surface area contributed by atoms with E-state index < -0.39 is 17.5 Å². The lowest BCUT2D eigenvalue weighted by Crippen LogP contribution is -2.60. The number of likely N-dealkylation sites (tertiary alicyclic amines) is 2. The summed E-state index contributed by atoms with van der Waals surface area (Å²) in [4.78, 5) is 59.8. The van der Waals surface area contributed by atoms with Crippen LogP contribution in [0, 0.1) is 17.3 Å². The number of amides is 4. The van der Waals surface area contributed by atoms with Crippen molar-refractivity contribution in [3.63, 3.8) is 0 Å². The molecule has 2 rings (SSSR count). The van der Waals surface area contributed by atoms with Crippen molar-refractivity contribution in [2.75, 3.05) is 26.7 Å². The van der Waals surface area contributed by atoms with Crippen molar-refractivity contribution >= 4 is 23.6 Å². The molecule has 43 heavy (non-hydrogen) atoms. The van der Waals surface area contributed by atoms with E-state index in [1.54, 1.807) is 23.8 Å². The minimum atomic E-state index is -0.719. The van der Waals surface area contributed by atoms with Gasteiger partial charge in [0.2, 0.25) is 23.6 Å². The molecule has 9 nitrogen and oxygen atoms in total. The fourth-order valence-corrected chi connectivity index (χ4v) is 6.22. The van der Waals surface area contributed by atoms with Crippen molar-refractivity contribution in [1.29, 1.82) is 0 Å². The molecule has 0 aromatic carbocycles. The lowest BCUT2D eigenvalue weighted by molar-refractivity contribution is -0.142.